The van der Waals surface area contributed by atoms with Crippen LogP contribution < -0.4 is 10.6 Å². The SMILES string of the molecule is Cc1cccc(C)c1NC(=O)C1NCC2CCCC21. The molecule has 1 amide bonds. The molecule has 0 bridgehead atoms. The van der Waals surface area contributed by atoms with Crippen LogP contribution in [0.15, 0.2) is 18.2 Å². The first-order valence-electron chi connectivity index (χ1n) is 7.27. The van der Waals surface area contributed by atoms with E-state index in [1.54, 1.807) is 0 Å². The first kappa shape index (κ1) is 12.7. The Morgan fingerprint density at radius 3 is 2.74 bits per heavy atom. The highest BCUT2D eigenvalue weighted by Gasteiger charge is 2.42. The normalized spacial score (nSPS) is 29.3. The lowest BCUT2D eigenvalue weighted by Gasteiger charge is -2.19. The van der Waals surface area contributed by atoms with E-state index in [0.717, 1.165) is 23.4 Å². The van der Waals surface area contributed by atoms with Crippen LogP contribution >= 0.6 is 0 Å². The Kier molecular flexibility index (Phi) is 3.31. The number of para-hydroxylation sites is 1. The minimum atomic E-state index is 0.00602. The van der Waals surface area contributed by atoms with Crippen molar-refractivity contribution in [3.05, 3.63) is 29.3 Å². The minimum absolute atomic E-state index is 0.00602. The van der Waals surface area contributed by atoms with Gasteiger partial charge >= 0.3 is 0 Å². The van der Waals surface area contributed by atoms with Crippen molar-refractivity contribution in [2.24, 2.45) is 11.8 Å². The quantitative estimate of drug-likeness (QED) is 0.856. The van der Waals surface area contributed by atoms with Crippen molar-refractivity contribution in [2.45, 2.75) is 39.2 Å². The highest BCUT2D eigenvalue weighted by molar-refractivity contribution is 5.96. The van der Waals surface area contributed by atoms with Gasteiger partial charge in [-0.05, 0) is 56.2 Å². The van der Waals surface area contributed by atoms with Crippen molar-refractivity contribution in [1.82, 2.24) is 5.32 Å². The Bertz CT molecular complexity index is 477. The zero-order chi connectivity index (χ0) is 13.4. The largest absolute Gasteiger partial charge is 0.324 e. The lowest BCUT2D eigenvalue weighted by Crippen LogP contribution is -2.40. The smallest absolute Gasteiger partial charge is 0.241 e. The molecule has 1 aliphatic heterocycles. The molecule has 1 saturated carbocycles. The predicted molar refractivity (Wildman–Crippen MR) is 77.2 cm³/mol. The maximum Gasteiger partial charge on any atom is 0.241 e. The van der Waals surface area contributed by atoms with Gasteiger partial charge in [0.05, 0.1) is 6.04 Å². The molecular formula is C16H22N2O. The molecule has 0 radical (unpaired) electrons. The molecule has 0 spiro atoms. The molecule has 3 nitrogen and oxygen atoms in total. The second-order valence-corrected chi connectivity index (χ2v) is 6.00. The molecule has 3 heteroatoms. The maximum absolute atomic E-state index is 12.5. The van der Waals surface area contributed by atoms with Crippen LogP contribution in [0.4, 0.5) is 5.69 Å². The molecule has 0 aromatic heterocycles. The van der Waals surface area contributed by atoms with E-state index < -0.39 is 0 Å². The number of aryl methyl sites for hydroxylation is 2. The van der Waals surface area contributed by atoms with E-state index in [9.17, 15) is 4.79 Å². The molecule has 1 aliphatic carbocycles. The van der Waals surface area contributed by atoms with Gasteiger partial charge in [0, 0.05) is 5.69 Å². The molecule has 3 atom stereocenters. The van der Waals surface area contributed by atoms with Crippen LogP contribution in [0.5, 0.6) is 0 Å². The van der Waals surface area contributed by atoms with Crippen LogP contribution in [-0.4, -0.2) is 18.5 Å². The Labute approximate surface area is 114 Å². The van der Waals surface area contributed by atoms with Gasteiger partial charge in [-0.25, -0.2) is 0 Å². The van der Waals surface area contributed by atoms with Crippen LogP contribution in [-0.2, 0) is 4.79 Å². The number of anilines is 1. The monoisotopic (exact) mass is 258 g/mol. The summed E-state index contributed by atoms with van der Waals surface area (Å²) in [6, 6.07) is 6.12. The number of hydrogen-bond donors (Lipinski definition) is 2. The number of rotatable bonds is 2. The molecule has 2 fully saturated rings. The first-order valence-corrected chi connectivity index (χ1v) is 7.27. The van der Waals surface area contributed by atoms with Gasteiger partial charge < -0.3 is 10.6 Å². The molecule has 3 rings (SSSR count). The summed E-state index contributed by atoms with van der Waals surface area (Å²) in [5, 5.41) is 6.54. The zero-order valence-corrected chi connectivity index (χ0v) is 11.7. The zero-order valence-electron chi connectivity index (χ0n) is 11.7. The van der Waals surface area contributed by atoms with Gasteiger partial charge in [-0.3, -0.25) is 4.79 Å². The molecule has 2 N–H and O–H groups in total. The van der Waals surface area contributed by atoms with Crippen molar-refractivity contribution in [3.63, 3.8) is 0 Å². The molecule has 1 saturated heterocycles. The van der Waals surface area contributed by atoms with Gasteiger partial charge in [-0.1, -0.05) is 24.6 Å². The van der Waals surface area contributed by atoms with E-state index in [4.69, 9.17) is 0 Å². The van der Waals surface area contributed by atoms with Gasteiger partial charge in [-0.2, -0.15) is 0 Å². The second-order valence-electron chi connectivity index (χ2n) is 6.00. The number of benzene rings is 1. The van der Waals surface area contributed by atoms with Crippen LogP contribution in [0.1, 0.15) is 30.4 Å². The minimum Gasteiger partial charge on any atom is -0.324 e. The summed E-state index contributed by atoms with van der Waals surface area (Å²) < 4.78 is 0. The summed E-state index contributed by atoms with van der Waals surface area (Å²) in [6.45, 7) is 5.10. The summed E-state index contributed by atoms with van der Waals surface area (Å²) in [5.74, 6) is 1.41. The summed E-state index contributed by atoms with van der Waals surface area (Å²) >= 11 is 0. The van der Waals surface area contributed by atoms with Crippen molar-refractivity contribution in [2.75, 3.05) is 11.9 Å². The third kappa shape index (κ3) is 2.27. The molecule has 2 aliphatic rings. The van der Waals surface area contributed by atoms with Crippen LogP contribution in [0.25, 0.3) is 0 Å². The van der Waals surface area contributed by atoms with Crippen LogP contribution in [0, 0.1) is 25.7 Å². The summed E-state index contributed by atoms with van der Waals surface area (Å²) in [5.41, 5.74) is 3.25. The topological polar surface area (TPSA) is 41.1 Å². The van der Waals surface area contributed by atoms with Gasteiger partial charge in [0.2, 0.25) is 5.91 Å². The average molecular weight is 258 g/mol. The van der Waals surface area contributed by atoms with Crippen LogP contribution in [0.3, 0.4) is 0 Å². The van der Waals surface area contributed by atoms with Gasteiger partial charge in [-0.15, -0.1) is 0 Å². The van der Waals surface area contributed by atoms with Crippen molar-refractivity contribution >= 4 is 11.6 Å². The number of amides is 1. The Morgan fingerprint density at radius 1 is 1.26 bits per heavy atom. The lowest BCUT2D eigenvalue weighted by molar-refractivity contribution is -0.118. The fourth-order valence-corrected chi connectivity index (χ4v) is 3.69. The van der Waals surface area contributed by atoms with Crippen molar-refractivity contribution in [1.29, 1.82) is 0 Å². The first-order chi connectivity index (χ1) is 9.16. The number of nitrogens with one attached hydrogen (secondary N) is 2. The third-order valence-electron chi connectivity index (χ3n) is 4.76. The fourth-order valence-electron chi connectivity index (χ4n) is 3.69. The molecule has 1 aromatic carbocycles. The number of carbonyl (C=O) groups is 1. The molecule has 1 heterocycles. The number of hydrogen-bond acceptors (Lipinski definition) is 2. The standard InChI is InChI=1S/C16H22N2O/c1-10-5-3-6-11(2)14(10)18-16(19)15-13-8-4-7-12(13)9-17-15/h3,5-6,12-13,15,17H,4,7-9H2,1-2H3,(H,18,19). The second kappa shape index (κ2) is 4.97. The summed E-state index contributed by atoms with van der Waals surface area (Å²) in [4.78, 5) is 12.5. The maximum atomic E-state index is 12.5. The Hall–Kier alpha value is -1.35. The lowest BCUT2D eigenvalue weighted by atomic mass is 9.93. The van der Waals surface area contributed by atoms with E-state index in [2.05, 4.69) is 10.6 Å². The van der Waals surface area contributed by atoms with E-state index in [0.29, 0.717) is 11.8 Å². The molecular weight excluding hydrogens is 236 g/mol. The Balaban J connectivity index is 1.75. The van der Waals surface area contributed by atoms with Gasteiger partial charge in [0.15, 0.2) is 0 Å². The van der Waals surface area contributed by atoms with Crippen molar-refractivity contribution in [3.8, 4) is 0 Å². The Morgan fingerprint density at radius 2 is 2.00 bits per heavy atom. The van der Waals surface area contributed by atoms with Crippen molar-refractivity contribution < 1.29 is 4.79 Å². The summed E-state index contributed by atoms with van der Waals surface area (Å²) in [6.07, 6.45) is 3.76. The molecule has 1 aromatic rings. The van der Waals surface area contributed by atoms with E-state index in [1.165, 1.54) is 19.3 Å². The molecule has 19 heavy (non-hydrogen) atoms. The van der Waals surface area contributed by atoms with Gasteiger partial charge in [0.25, 0.3) is 0 Å². The molecule has 3 unspecified atom stereocenters. The highest BCUT2D eigenvalue weighted by Crippen LogP contribution is 2.38. The predicted octanol–water partition coefficient (Wildman–Crippen LogP) is 2.63. The highest BCUT2D eigenvalue weighted by atomic mass is 16.2. The number of carbonyl (C=O) groups excluding carboxylic acids is 1. The number of fused-ring (bicyclic) bond motifs is 1. The fraction of sp³-hybridized carbons (Fsp3) is 0.562. The summed E-state index contributed by atoms with van der Waals surface area (Å²) in [7, 11) is 0. The molecule has 102 valence electrons. The van der Waals surface area contributed by atoms with E-state index in [1.807, 2.05) is 32.0 Å². The van der Waals surface area contributed by atoms with Gasteiger partial charge in [0.1, 0.15) is 0 Å². The van der Waals surface area contributed by atoms with Crippen LogP contribution in [0.2, 0.25) is 0 Å². The van der Waals surface area contributed by atoms with E-state index in [-0.39, 0.29) is 11.9 Å². The van der Waals surface area contributed by atoms with E-state index >= 15 is 0 Å². The third-order valence-corrected chi connectivity index (χ3v) is 4.76. The average Bonchev–Trinajstić information content (AvgIpc) is 2.95.